The molecule has 0 bridgehead atoms. The third-order valence-electron chi connectivity index (χ3n) is 6.63. The third-order valence-corrected chi connectivity index (χ3v) is 6.63. The van der Waals surface area contributed by atoms with Crippen LogP contribution in [0.25, 0.3) is 5.65 Å². The van der Waals surface area contributed by atoms with Gasteiger partial charge >= 0.3 is 11.9 Å². The summed E-state index contributed by atoms with van der Waals surface area (Å²) in [5.74, 6) is -2.19. The average molecular weight is 636 g/mol. The van der Waals surface area contributed by atoms with Gasteiger partial charge in [-0.3, -0.25) is 14.4 Å². The van der Waals surface area contributed by atoms with E-state index in [4.69, 9.17) is 11.5 Å². The van der Waals surface area contributed by atoms with Gasteiger partial charge in [-0.15, -0.1) is 12.4 Å². The molecule has 0 aliphatic carbocycles. The number of anilines is 2. The normalized spacial score (nSPS) is 11.1. The second kappa shape index (κ2) is 14.7. The maximum atomic E-state index is 12.5. The summed E-state index contributed by atoms with van der Waals surface area (Å²) in [6.45, 7) is 2.68. The van der Waals surface area contributed by atoms with Crippen LogP contribution in [0.5, 0.6) is 0 Å². The zero-order valence-electron chi connectivity index (χ0n) is 24.1. The van der Waals surface area contributed by atoms with Gasteiger partial charge in [-0.2, -0.15) is 5.10 Å². The Morgan fingerprint density at radius 3 is 2.33 bits per heavy atom. The molecule has 0 unspecified atom stereocenters. The minimum Gasteiger partial charge on any atom is -0.477 e. The maximum absolute atomic E-state index is 12.5. The molecule has 0 saturated heterocycles. The minimum atomic E-state index is -1.22. The summed E-state index contributed by atoms with van der Waals surface area (Å²) in [5.41, 5.74) is 13.2. The molecular formula is C30H30ClN7O7. The number of nitrogen functional groups attached to an aromatic ring is 1. The molecule has 1 atom stereocenters. The Bertz CT molecular complexity index is 1910. The lowest BCUT2D eigenvalue weighted by Crippen LogP contribution is -2.36. The summed E-state index contributed by atoms with van der Waals surface area (Å²) in [4.78, 5) is 61.6. The van der Waals surface area contributed by atoms with Crippen molar-refractivity contribution < 1.29 is 24.2 Å². The van der Waals surface area contributed by atoms with Crippen molar-refractivity contribution >= 4 is 47.3 Å². The number of fused-ring (bicyclic) bond motifs is 1. The zero-order chi connectivity index (χ0) is 32.0. The van der Waals surface area contributed by atoms with Crippen LogP contribution < -0.4 is 33.0 Å². The Labute approximate surface area is 262 Å². The first-order chi connectivity index (χ1) is 21.0. The quantitative estimate of drug-likeness (QED) is 0.116. The van der Waals surface area contributed by atoms with Gasteiger partial charge in [0.2, 0.25) is 0 Å². The van der Waals surface area contributed by atoms with E-state index in [0.29, 0.717) is 18.7 Å². The molecule has 45 heavy (non-hydrogen) atoms. The number of carbonyl (C=O) groups excluding carboxylic acids is 2. The number of nitrogens with two attached hydrogens (primary N) is 2. The van der Waals surface area contributed by atoms with Gasteiger partial charge in [0.25, 0.3) is 16.8 Å². The van der Waals surface area contributed by atoms with Gasteiger partial charge in [-0.05, 0) is 35.7 Å². The molecule has 5 rings (SSSR count). The van der Waals surface area contributed by atoms with Gasteiger partial charge in [0.1, 0.15) is 17.1 Å². The van der Waals surface area contributed by atoms with E-state index in [9.17, 15) is 29.1 Å². The molecule has 2 heterocycles. The number of halogens is 1. The van der Waals surface area contributed by atoms with E-state index in [1.807, 2.05) is 24.3 Å². The number of carbonyl (C=O) groups is 3. The minimum absolute atomic E-state index is 0. The van der Waals surface area contributed by atoms with Crippen LogP contribution in [-0.2, 0) is 17.8 Å². The molecule has 0 saturated carbocycles. The number of benzene rings is 2. The predicted molar refractivity (Wildman–Crippen MR) is 168 cm³/mol. The van der Waals surface area contributed by atoms with Crippen LogP contribution in [0.4, 0.5) is 11.4 Å². The van der Waals surface area contributed by atoms with E-state index in [1.165, 1.54) is 25.4 Å². The fourth-order valence-corrected chi connectivity index (χ4v) is 4.20. The number of ether oxygens (including phenoxy) is 1. The molecule has 14 nitrogen and oxygen atoms in total. The average Bonchev–Trinajstić information content (AvgIpc) is 3.53. The van der Waals surface area contributed by atoms with E-state index in [0.717, 1.165) is 21.2 Å². The van der Waals surface area contributed by atoms with Crippen LogP contribution in [-0.4, -0.2) is 44.7 Å². The Morgan fingerprint density at radius 1 is 1.02 bits per heavy atom. The van der Waals surface area contributed by atoms with Crippen molar-refractivity contribution in [3.8, 4) is 0 Å². The standard InChI is InChI=1S/C18H16N4O5.C12H13N3O2.ClH/c1-10(11-3-5-12(6-4-11)18(26)27-2)20-16(23)13-9-14(17(24)25)22-15(21-13)7-8-19-22;13-5-7-2-1-3-8(4-7)6-15-10-9(14)11(16)12(10)17;/h3-10H,1-2H3,(H,20,23)(H,24,25);1-4,15H,5-6,13-14H2;1H/t10-;;/m0../s1. The molecule has 234 valence electrons. The molecule has 7 N–H and O–H groups in total. The number of amides is 1. The van der Waals surface area contributed by atoms with E-state index >= 15 is 0 Å². The van der Waals surface area contributed by atoms with Crippen molar-refractivity contribution in [3.05, 3.63) is 121 Å². The molecule has 1 amide bonds. The number of nitrogens with one attached hydrogen (secondary N) is 2. The molecule has 2 aromatic heterocycles. The van der Waals surface area contributed by atoms with Crippen LogP contribution >= 0.6 is 12.4 Å². The van der Waals surface area contributed by atoms with Crippen molar-refractivity contribution in [2.75, 3.05) is 18.2 Å². The van der Waals surface area contributed by atoms with Gasteiger partial charge in [0.15, 0.2) is 11.3 Å². The highest BCUT2D eigenvalue weighted by molar-refractivity contribution is 5.96. The van der Waals surface area contributed by atoms with Gasteiger partial charge < -0.3 is 31.9 Å². The van der Waals surface area contributed by atoms with Crippen LogP contribution in [0.15, 0.2) is 76.4 Å². The van der Waals surface area contributed by atoms with Gasteiger partial charge in [-0.25, -0.2) is 19.1 Å². The Morgan fingerprint density at radius 2 is 1.71 bits per heavy atom. The highest BCUT2D eigenvalue weighted by Gasteiger charge is 2.19. The lowest BCUT2D eigenvalue weighted by molar-refractivity contribution is 0.0599. The zero-order valence-corrected chi connectivity index (χ0v) is 25.0. The highest BCUT2D eigenvalue weighted by Crippen LogP contribution is 2.16. The SMILES string of the molecule is COC(=O)c1ccc([C@H](C)NC(=O)c2cc(C(=O)O)n3nccc3n2)cc1.Cl.NCc1cccc(CNc2c(N)c(=O)c2=O)c1. The van der Waals surface area contributed by atoms with Crippen LogP contribution in [0.1, 0.15) is 61.0 Å². The van der Waals surface area contributed by atoms with E-state index < -0.39 is 28.7 Å². The molecule has 0 spiro atoms. The van der Waals surface area contributed by atoms with Gasteiger partial charge in [0, 0.05) is 25.2 Å². The smallest absolute Gasteiger partial charge is 0.354 e. The predicted octanol–water partition coefficient (Wildman–Crippen LogP) is 2.06. The summed E-state index contributed by atoms with van der Waals surface area (Å²) in [5, 5.41) is 18.8. The topological polar surface area (TPSA) is 221 Å². The van der Waals surface area contributed by atoms with Gasteiger partial charge in [-0.1, -0.05) is 36.4 Å². The van der Waals surface area contributed by atoms with Crippen molar-refractivity contribution in [3.63, 3.8) is 0 Å². The van der Waals surface area contributed by atoms with Crippen molar-refractivity contribution in [1.29, 1.82) is 0 Å². The Balaban J connectivity index is 0.000000265. The number of methoxy groups -OCH3 is 1. The monoisotopic (exact) mass is 635 g/mol. The molecular weight excluding hydrogens is 606 g/mol. The summed E-state index contributed by atoms with van der Waals surface area (Å²) < 4.78 is 5.79. The van der Waals surface area contributed by atoms with Gasteiger partial charge in [0.05, 0.1) is 24.9 Å². The fraction of sp³-hybridized carbons (Fsp3) is 0.167. The van der Waals surface area contributed by atoms with Crippen molar-refractivity contribution in [2.24, 2.45) is 5.73 Å². The van der Waals surface area contributed by atoms with E-state index in [2.05, 4.69) is 25.5 Å². The first-order valence-electron chi connectivity index (χ1n) is 13.2. The lowest BCUT2D eigenvalue weighted by Gasteiger charge is -2.15. The number of carboxylic acid groups (broad SMARTS) is 1. The largest absolute Gasteiger partial charge is 0.477 e. The summed E-state index contributed by atoms with van der Waals surface area (Å²) >= 11 is 0. The fourth-order valence-electron chi connectivity index (χ4n) is 4.20. The number of aromatic carboxylic acids is 1. The second-order valence-corrected chi connectivity index (χ2v) is 9.57. The Hall–Kier alpha value is -5.60. The molecule has 0 aliphatic rings. The summed E-state index contributed by atoms with van der Waals surface area (Å²) in [6.07, 6.45) is 1.40. The first kappa shape index (κ1) is 33.9. The van der Waals surface area contributed by atoms with Crippen LogP contribution in [0.3, 0.4) is 0 Å². The lowest BCUT2D eigenvalue weighted by atomic mass is 10.1. The van der Waals surface area contributed by atoms with E-state index in [1.54, 1.807) is 31.2 Å². The molecule has 3 aromatic carbocycles. The molecule has 5 aromatic rings. The second-order valence-electron chi connectivity index (χ2n) is 9.57. The molecule has 15 heteroatoms. The number of hydrogen-bond donors (Lipinski definition) is 5. The number of nitrogens with zero attached hydrogens (tertiary/aromatic N) is 3. The maximum Gasteiger partial charge on any atom is 0.354 e. The number of hydrogen-bond acceptors (Lipinski definition) is 11. The number of rotatable bonds is 9. The first-order valence-corrected chi connectivity index (χ1v) is 13.2. The van der Waals surface area contributed by atoms with Crippen LogP contribution in [0.2, 0.25) is 0 Å². The van der Waals surface area contributed by atoms with Crippen LogP contribution in [0, 0.1) is 0 Å². The molecule has 0 radical (unpaired) electrons. The number of aromatic nitrogens is 3. The van der Waals surface area contributed by atoms with Crippen molar-refractivity contribution in [2.45, 2.75) is 26.1 Å². The number of carboxylic acids is 1. The van der Waals surface area contributed by atoms with Crippen molar-refractivity contribution in [1.82, 2.24) is 19.9 Å². The third kappa shape index (κ3) is 7.68. The summed E-state index contributed by atoms with van der Waals surface area (Å²) in [7, 11) is 1.30. The number of esters is 1. The highest BCUT2D eigenvalue weighted by atomic mass is 35.5. The Kier molecular flexibility index (Phi) is 11.1. The molecule has 0 fully saturated rings. The molecule has 0 aliphatic heterocycles. The summed E-state index contributed by atoms with van der Waals surface area (Å²) in [6, 6.07) is 16.6. The van der Waals surface area contributed by atoms with E-state index in [-0.39, 0.29) is 46.9 Å².